The van der Waals surface area contributed by atoms with Gasteiger partial charge in [0, 0.05) is 7.05 Å². The molecule has 1 aromatic heterocycles. The molecule has 37 valence electrons. The van der Waals surface area contributed by atoms with E-state index in [2.05, 4.69) is 16.4 Å². The van der Waals surface area contributed by atoms with E-state index in [1.165, 1.54) is 0 Å². The molecule has 1 aromatic rings. The van der Waals surface area contributed by atoms with Gasteiger partial charge < -0.3 is 0 Å². The van der Waals surface area contributed by atoms with E-state index in [-0.39, 0.29) is 0 Å². The van der Waals surface area contributed by atoms with Crippen LogP contribution < -0.4 is 0 Å². The molecule has 0 amide bonds. The van der Waals surface area contributed by atoms with Gasteiger partial charge in [-0.2, -0.15) is 5.10 Å². The van der Waals surface area contributed by atoms with E-state index in [1.807, 2.05) is 6.92 Å². The molecule has 1 rings (SSSR count). The minimum atomic E-state index is 0.766. The maximum Gasteiger partial charge on any atom is 0.196 e. The van der Waals surface area contributed by atoms with Gasteiger partial charge in [-0.25, -0.2) is 9.67 Å². The molecule has 0 N–H and O–H groups in total. The predicted molar refractivity (Wildman–Crippen MR) is 24.6 cm³/mol. The zero-order chi connectivity index (χ0) is 5.28. The fourth-order valence-corrected chi connectivity index (χ4v) is 0.407. The van der Waals surface area contributed by atoms with Crippen LogP contribution >= 0.6 is 0 Å². The van der Waals surface area contributed by atoms with E-state index < -0.39 is 0 Å². The van der Waals surface area contributed by atoms with E-state index in [4.69, 9.17) is 0 Å². The molecule has 0 bridgehead atoms. The summed E-state index contributed by atoms with van der Waals surface area (Å²) in [5.41, 5.74) is 0. The standard InChI is InChI=1S/C4H6N3/c1-4-5-3-7(2)6-4/h1-2H3. The molecule has 3 nitrogen and oxygen atoms in total. The minimum Gasteiger partial charge on any atom is -0.246 e. The van der Waals surface area contributed by atoms with Gasteiger partial charge in [0.05, 0.1) is 0 Å². The number of rotatable bonds is 0. The van der Waals surface area contributed by atoms with Crippen LogP contribution in [0.2, 0.25) is 0 Å². The van der Waals surface area contributed by atoms with Crippen LogP contribution in [0.3, 0.4) is 0 Å². The highest BCUT2D eigenvalue weighted by atomic mass is 15.3. The second-order valence-corrected chi connectivity index (χ2v) is 1.38. The highest BCUT2D eigenvalue weighted by Gasteiger charge is 1.84. The third-order valence-electron chi connectivity index (χ3n) is 0.651. The van der Waals surface area contributed by atoms with Gasteiger partial charge in [-0.15, -0.1) is 0 Å². The van der Waals surface area contributed by atoms with Crippen LogP contribution in [-0.4, -0.2) is 14.8 Å². The lowest BCUT2D eigenvalue weighted by Gasteiger charge is -1.75. The monoisotopic (exact) mass is 96.1 g/mol. The molecule has 0 saturated carbocycles. The fourth-order valence-electron chi connectivity index (χ4n) is 0.407. The molecule has 0 aliphatic carbocycles. The van der Waals surface area contributed by atoms with Crippen molar-refractivity contribution in [2.24, 2.45) is 7.05 Å². The summed E-state index contributed by atoms with van der Waals surface area (Å²) < 4.78 is 1.55. The van der Waals surface area contributed by atoms with Crippen molar-refractivity contribution in [2.75, 3.05) is 0 Å². The summed E-state index contributed by atoms with van der Waals surface area (Å²) in [5.74, 6) is 0.766. The Morgan fingerprint density at radius 3 is 2.57 bits per heavy atom. The largest absolute Gasteiger partial charge is 0.246 e. The van der Waals surface area contributed by atoms with Crippen LogP contribution in [-0.2, 0) is 7.05 Å². The number of aryl methyl sites for hydroxylation is 2. The van der Waals surface area contributed by atoms with Crippen molar-refractivity contribution in [3.05, 3.63) is 12.2 Å². The molecule has 7 heavy (non-hydrogen) atoms. The first-order valence-corrected chi connectivity index (χ1v) is 2.04. The summed E-state index contributed by atoms with van der Waals surface area (Å²) in [6, 6.07) is 0. The van der Waals surface area contributed by atoms with Crippen molar-refractivity contribution >= 4 is 0 Å². The van der Waals surface area contributed by atoms with Gasteiger partial charge in [0.25, 0.3) is 0 Å². The summed E-state index contributed by atoms with van der Waals surface area (Å²) in [7, 11) is 1.79. The third kappa shape index (κ3) is 0.765. The lowest BCUT2D eigenvalue weighted by molar-refractivity contribution is 0.750. The van der Waals surface area contributed by atoms with Gasteiger partial charge in [0.15, 0.2) is 6.33 Å². The quantitative estimate of drug-likeness (QED) is 0.452. The average molecular weight is 96.1 g/mol. The normalized spacial score (nSPS) is 9.43. The molecular formula is C4H6N3. The highest BCUT2D eigenvalue weighted by molar-refractivity contribution is 4.71. The third-order valence-corrected chi connectivity index (χ3v) is 0.651. The zero-order valence-electron chi connectivity index (χ0n) is 4.34. The number of hydrogen-bond donors (Lipinski definition) is 0. The van der Waals surface area contributed by atoms with Gasteiger partial charge in [-0.3, -0.25) is 0 Å². The Kier molecular flexibility index (Phi) is 0.817. The van der Waals surface area contributed by atoms with Crippen LogP contribution in [0.5, 0.6) is 0 Å². The molecule has 0 aromatic carbocycles. The SMILES string of the molecule is Cc1n[c]n(C)n1. The first-order chi connectivity index (χ1) is 3.29. The first kappa shape index (κ1) is 4.30. The number of aromatic nitrogens is 3. The zero-order valence-corrected chi connectivity index (χ0v) is 4.34. The lowest BCUT2D eigenvalue weighted by Crippen LogP contribution is -1.86. The molecule has 0 saturated heterocycles. The van der Waals surface area contributed by atoms with E-state index >= 15 is 0 Å². The van der Waals surface area contributed by atoms with Gasteiger partial charge in [-0.05, 0) is 6.92 Å². The lowest BCUT2D eigenvalue weighted by atomic mass is 10.8. The van der Waals surface area contributed by atoms with Crippen molar-refractivity contribution in [1.29, 1.82) is 0 Å². The van der Waals surface area contributed by atoms with E-state index in [0.29, 0.717) is 0 Å². The van der Waals surface area contributed by atoms with Crippen LogP contribution in [0.4, 0.5) is 0 Å². The van der Waals surface area contributed by atoms with Crippen molar-refractivity contribution in [3.63, 3.8) is 0 Å². The summed E-state index contributed by atoms with van der Waals surface area (Å²) in [5, 5.41) is 3.86. The topological polar surface area (TPSA) is 30.7 Å². The van der Waals surface area contributed by atoms with E-state index in [9.17, 15) is 0 Å². The Labute approximate surface area is 42.0 Å². The summed E-state index contributed by atoms with van der Waals surface area (Å²) >= 11 is 0. The molecule has 0 atom stereocenters. The van der Waals surface area contributed by atoms with E-state index in [1.54, 1.807) is 11.7 Å². The van der Waals surface area contributed by atoms with E-state index in [0.717, 1.165) is 5.82 Å². The Morgan fingerprint density at radius 2 is 2.43 bits per heavy atom. The van der Waals surface area contributed by atoms with Gasteiger partial charge >= 0.3 is 0 Å². The molecule has 0 unspecified atom stereocenters. The fraction of sp³-hybridized carbons (Fsp3) is 0.500. The molecule has 1 radical (unpaired) electrons. The maximum absolute atomic E-state index is 3.86. The molecular weight excluding hydrogens is 90.1 g/mol. The van der Waals surface area contributed by atoms with Crippen molar-refractivity contribution < 1.29 is 0 Å². The number of hydrogen-bond acceptors (Lipinski definition) is 2. The van der Waals surface area contributed by atoms with Gasteiger partial charge in [0.2, 0.25) is 0 Å². The molecule has 1 heterocycles. The van der Waals surface area contributed by atoms with Crippen molar-refractivity contribution in [3.8, 4) is 0 Å². The Balaban J connectivity index is 3.04. The predicted octanol–water partition coefficient (Wildman–Crippen LogP) is -0.0763. The Morgan fingerprint density at radius 1 is 1.71 bits per heavy atom. The van der Waals surface area contributed by atoms with Gasteiger partial charge in [-0.1, -0.05) is 0 Å². The first-order valence-electron chi connectivity index (χ1n) is 2.04. The molecule has 3 heteroatoms. The minimum absolute atomic E-state index is 0.766. The average Bonchev–Trinajstić information content (AvgIpc) is 1.87. The summed E-state index contributed by atoms with van der Waals surface area (Å²) in [6.45, 7) is 1.83. The molecule has 0 spiro atoms. The Bertz CT molecular complexity index is 139. The summed E-state index contributed by atoms with van der Waals surface area (Å²) in [6.07, 6.45) is 2.62. The van der Waals surface area contributed by atoms with Crippen LogP contribution in [0, 0.1) is 13.3 Å². The Hall–Kier alpha value is -0.860. The van der Waals surface area contributed by atoms with Crippen LogP contribution in [0.25, 0.3) is 0 Å². The smallest absolute Gasteiger partial charge is 0.196 e. The van der Waals surface area contributed by atoms with Crippen LogP contribution in [0.15, 0.2) is 0 Å². The maximum atomic E-state index is 3.86. The van der Waals surface area contributed by atoms with Crippen molar-refractivity contribution in [1.82, 2.24) is 14.8 Å². The second kappa shape index (κ2) is 1.33. The van der Waals surface area contributed by atoms with Crippen molar-refractivity contribution in [2.45, 2.75) is 6.92 Å². The second-order valence-electron chi connectivity index (χ2n) is 1.38. The molecule has 0 fully saturated rings. The highest BCUT2D eigenvalue weighted by Crippen LogP contribution is 1.78. The van der Waals surface area contributed by atoms with Crippen LogP contribution in [0.1, 0.15) is 5.82 Å². The van der Waals surface area contributed by atoms with Gasteiger partial charge in [0.1, 0.15) is 5.82 Å². The number of nitrogens with zero attached hydrogens (tertiary/aromatic N) is 3. The molecule has 0 aliphatic rings. The molecule has 0 aliphatic heterocycles. The summed E-state index contributed by atoms with van der Waals surface area (Å²) in [4.78, 5) is 3.74.